The highest BCUT2D eigenvalue weighted by atomic mass is 16.5. The highest BCUT2D eigenvalue weighted by Gasteiger charge is 2.61. The fourth-order valence-corrected chi connectivity index (χ4v) is 4.53. The number of ether oxygens (including phenoxy) is 1. The van der Waals surface area contributed by atoms with Gasteiger partial charge in [0.15, 0.2) is 0 Å². The Balaban J connectivity index is 1.98. The standard InChI is InChI=1S/C15H22O2/c1-10-5-4-6-12-7-15(9-14(10,12)3)11(2)8-17-13(15)16/h10,12H,2,4-9H2,1,3H3/t10-,12-,14+,15-/m0/s1. The molecule has 0 N–H and O–H groups in total. The molecule has 3 aliphatic rings. The van der Waals surface area contributed by atoms with Crippen LogP contribution in [0.2, 0.25) is 0 Å². The molecule has 0 radical (unpaired) electrons. The average molecular weight is 234 g/mol. The van der Waals surface area contributed by atoms with E-state index in [9.17, 15) is 4.79 Å². The molecule has 1 saturated heterocycles. The van der Waals surface area contributed by atoms with Crippen molar-refractivity contribution in [2.75, 3.05) is 6.61 Å². The number of rotatable bonds is 0. The summed E-state index contributed by atoms with van der Waals surface area (Å²) in [5, 5.41) is 0. The first-order valence-corrected chi connectivity index (χ1v) is 6.84. The summed E-state index contributed by atoms with van der Waals surface area (Å²) in [6, 6.07) is 0. The summed E-state index contributed by atoms with van der Waals surface area (Å²) in [5.74, 6) is 1.42. The van der Waals surface area contributed by atoms with Gasteiger partial charge < -0.3 is 4.74 Å². The normalized spacial score (nSPS) is 49.5. The molecule has 0 aromatic heterocycles. The van der Waals surface area contributed by atoms with Gasteiger partial charge in [-0.25, -0.2) is 0 Å². The number of carbonyl (C=O) groups is 1. The van der Waals surface area contributed by atoms with Crippen LogP contribution in [-0.2, 0) is 9.53 Å². The lowest BCUT2D eigenvalue weighted by molar-refractivity contribution is -0.146. The van der Waals surface area contributed by atoms with E-state index in [2.05, 4.69) is 20.4 Å². The maximum atomic E-state index is 12.1. The van der Waals surface area contributed by atoms with E-state index < -0.39 is 0 Å². The van der Waals surface area contributed by atoms with E-state index in [-0.39, 0.29) is 11.4 Å². The first kappa shape index (κ1) is 11.3. The molecular formula is C15H22O2. The molecule has 17 heavy (non-hydrogen) atoms. The quantitative estimate of drug-likeness (QED) is 0.475. The van der Waals surface area contributed by atoms with E-state index in [0.29, 0.717) is 17.9 Å². The topological polar surface area (TPSA) is 26.3 Å². The fraction of sp³-hybridized carbons (Fsp3) is 0.800. The smallest absolute Gasteiger partial charge is 0.316 e. The molecule has 1 heterocycles. The van der Waals surface area contributed by atoms with E-state index in [1.54, 1.807) is 0 Å². The number of hydrogen-bond donors (Lipinski definition) is 0. The minimum absolute atomic E-state index is 0.00493. The average Bonchev–Trinajstić information content (AvgIpc) is 2.74. The Labute approximate surface area is 103 Å². The molecule has 2 aliphatic carbocycles. The molecular weight excluding hydrogens is 212 g/mol. The van der Waals surface area contributed by atoms with Gasteiger partial charge in [0.25, 0.3) is 0 Å². The minimum Gasteiger partial charge on any atom is -0.460 e. The van der Waals surface area contributed by atoms with Crippen LogP contribution in [0, 0.1) is 22.7 Å². The lowest BCUT2D eigenvalue weighted by Crippen LogP contribution is -2.34. The van der Waals surface area contributed by atoms with Gasteiger partial charge in [-0.1, -0.05) is 33.3 Å². The number of fused-ring (bicyclic) bond motifs is 1. The first-order valence-electron chi connectivity index (χ1n) is 6.84. The Bertz CT molecular complexity index is 368. The van der Waals surface area contributed by atoms with Gasteiger partial charge in [-0.3, -0.25) is 4.79 Å². The van der Waals surface area contributed by atoms with Crippen molar-refractivity contribution in [3.05, 3.63) is 12.2 Å². The number of carbonyl (C=O) groups excluding carboxylic acids is 1. The molecule has 3 fully saturated rings. The van der Waals surface area contributed by atoms with Gasteiger partial charge in [-0.2, -0.15) is 0 Å². The zero-order valence-electron chi connectivity index (χ0n) is 10.9. The third-order valence-electron chi connectivity index (χ3n) is 5.97. The molecule has 0 unspecified atom stereocenters. The lowest BCUT2D eigenvalue weighted by Gasteiger charge is -2.42. The Kier molecular flexibility index (Phi) is 2.24. The molecule has 2 heteroatoms. The molecule has 4 atom stereocenters. The van der Waals surface area contributed by atoms with Crippen molar-refractivity contribution in [2.45, 2.75) is 46.0 Å². The third kappa shape index (κ3) is 1.30. The van der Waals surface area contributed by atoms with Crippen molar-refractivity contribution in [1.29, 1.82) is 0 Å². The number of hydrogen-bond acceptors (Lipinski definition) is 2. The lowest BCUT2D eigenvalue weighted by atomic mass is 9.63. The number of esters is 1. The van der Waals surface area contributed by atoms with Crippen LogP contribution in [0.15, 0.2) is 12.2 Å². The summed E-state index contributed by atoms with van der Waals surface area (Å²) in [4.78, 5) is 12.1. The Morgan fingerprint density at radius 3 is 2.76 bits per heavy atom. The molecule has 2 saturated carbocycles. The van der Waals surface area contributed by atoms with Gasteiger partial charge in [-0.05, 0) is 42.1 Å². The largest absolute Gasteiger partial charge is 0.460 e. The number of cyclic esters (lactones) is 1. The third-order valence-corrected chi connectivity index (χ3v) is 5.97. The molecule has 0 bridgehead atoms. The molecule has 0 amide bonds. The molecule has 1 aliphatic heterocycles. The molecule has 1 spiro atoms. The predicted octanol–water partition coefficient (Wildman–Crippen LogP) is 3.32. The van der Waals surface area contributed by atoms with Gasteiger partial charge in [-0.15, -0.1) is 0 Å². The summed E-state index contributed by atoms with van der Waals surface area (Å²) in [7, 11) is 0. The first-order chi connectivity index (χ1) is 7.99. The molecule has 94 valence electrons. The van der Waals surface area contributed by atoms with E-state index in [1.165, 1.54) is 19.3 Å². The molecule has 0 aromatic carbocycles. The summed E-state index contributed by atoms with van der Waals surface area (Å²) in [6.45, 7) is 9.30. The van der Waals surface area contributed by atoms with Crippen LogP contribution in [0.5, 0.6) is 0 Å². The molecule has 3 rings (SSSR count). The van der Waals surface area contributed by atoms with Crippen LogP contribution in [0.3, 0.4) is 0 Å². The van der Waals surface area contributed by atoms with E-state index in [0.717, 1.165) is 24.3 Å². The van der Waals surface area contributed by atoms with Crippen molar-refractivity contribution >= 4 is 5.97 Å². The van der Waals surface area contributed by atoms with Crippen LogP contribution >= 0.6 is 0 Å². The van der Waals surface area contributed by atoms with Crippen molar-refractivity contribution in [3.63, 3.8) is 0 Å². The van der Waals surface area contributed by atoms with Crippen LogP contribution in [-0.4, -0.2) is 12.6 Å². The highest BCUT2D eigenvalue weighted by Crippen LogP contribution is 2.64. The summed E-state index contributed by atoms with van der Waals surface area (Å²) < 4.78 is 5.25. The van der Waals surface area contributed by atoms with Gasteiger partial charge in [0.1, 0.15) is 6.61 Å². The Morgan fingerprint density at radius 1 is 1.41 bits per heavy atom. The van der Waals surface area contributed by atoms with Gasteiger partial charge in [0.2, 0.25) is 0 Å². The monoisotopic (exact) mass is 234 g/mol. The van der Waals surface area contributed by atoms with Crippen molar-refractivity contribution in [1.82, 2.24) is 0 Å². The highest BCUT2D eigenvalue weighted by molar-refractivity contribution is 5.84. The second-order valence-corrected chi connectivity index (χ2v) is 6.68. The zero-order chi connectivity index (χ0) is 12.3. The van der Waals surface area contributed by atoms with E-state index in [4.69, 9.17) is 4.74 Å². The van der Waals surface area contributed by atoms with Crippen LogP contribution in [0.1, 0.15) is 46.0 Å². The second-order valence-electron chi connectivity index (χ2n) is 6.68. The van der Waals surface area contributed by atoms with Crippen LogP contribution in [0.4, 0.5) is 0 Å². The van der Waals surface area contributed by atoms with E-state index in [1.807, 2.05) is 0 Å². The summed E-state index contributed by atoms with van der Waals surface area (Å²) in [5.41, 5.74) is 1.04. The zero-order valence-corrected chi connectivity index (χ0v) is 10.9. The summed E-state index contributed by atoms with van der Waals surface area (Å²) in [6.07, 6.45) is 5.88. The maximum Gasteiger partial charge on any atom is 0.316 e. The van der Waals surface area contributed by atoms with Crippen molar-refractivity contribution in [2.24, 2.45) is 22.7 Å². The summed E-state index contributed by atoms with van der Waals surface area (Å²) >= 11 is 0. The van der Waals surface area contributed by atoms with Crippen molar-refractivity contribution in [3.8, 4) is 0 Å². The van der Waals surface area contributed by atoms with Crippen LogP contribution < -0.4 is 0 Å². The Hall–Kier alpha value is -0.790. The minimum atomic E-state index is -0.321. The van der Waals surface area contributed by atoms with Crippen molar-refractivity contribution < 1.29 is 9.53 Å². The second kappa shape index (κ2) is 3.37. The molecule has 2 nitrogen and oxygen atoms in total. The van der Waals surface area contributed by atoms with Crippen LogP contribution in [0.25, 0.3) is 0 Å². The SMILES string of the molecule is C=C1COC(=O)[C@]12C[C@@H]1CCC[C@H](C)[C@@]1(C)C2. The fourth-order valence-electron chi connectivity index (χ4n) is 4.53. The van der Waals surface area contributed by atoms with Gasteiger partial charge >= 0.3 is 5.97 Å². The Morgan fingerprint density at radius 2 is 2.18 bits per heavy atom. The van der Waals surface area contributed by atoms with E-state index >= 15 is 0 Å². The maximum absolute atomic E-state index is 12.1. The predicted molar refractivity (Wildman–Crippen MR) is 66.4 cm³/mol. The van der Waals surface area contributed by atoms with Gasteiger partial charge in [0, 0.05) is 0 Å². The molecule has 0 aromatic rings. The van der Waals surface area contributed by atoms with Gasteiger partial charge in [0.05, 0.1) is 5.41 Å².